The van der Waals surface area contributed by atoms with Crippen LogP contribution in [0.25, 0.3) is 0 Å². The molecule has 88 valence electrons. The van der Waals surface area contributed by atoms with Gasteiger partial charge in [-0.3, -0.25) is 0 Å². The summed E-state index contributed by atoms with van der Waals surface area (Å²) in [5, 5.41) is 0. The van der Waals surface area contributed by atoms with Gasteiger partial charge in [-0.25, -0.2) is 4.79 Å². The van der Waals surface area contributed by atoms with Crippen LogP contribution >= 0.6 is 15.9 Å². The fourth-order valence-electron chi connectivity index (χ4n) is 1.23. The number of furan rings is 1. The van der Waals surface area contributed by atoms with Gasteiger partial charge in [0.25, 0.3) is 0 Å². The van der Waals surface area contributed by atoms with Crippen LogP contribution in [0.1, 0.15) is 10.6 Å². The molecular weight excluding hydrogens is 288 g/mol. The summed E-state index contributed by atoms with van der Waals surface area (Å²) < 4.78 is 15.7. The minimum Gasteiger partial charge on any atom is -0.497 e. The zero-order valence-corrected chi connectivity index (χ0v) is 10.6. The van der Waals surface area contributed by atoms with E-state index in [1.165, 1.54) is 6.07 Å². The van der Waals surface area contributed by atoms with Gasteiger partial charge in [0, 0.05) is 0 Å². The molecule has 1 aromatic heterocycles. The summed E-state index contributed by atoms with van der Waals surface area (Å²) in [4.78, 5) is 11.6. The van der Waals surface area contributed by atoms with Crippen molar-refractivity contribution in [2.45, 2.75) is 0 Å². The highest BCUT2D eigenvalue weighted by Crippen LogP contribution is 2.20. The van der Waals surface area contributed by atoms with Crippen LogP contribution in [0.5, 0.6) is 11.5 Å². The molecular formula is C12H9BrO4. The molecule has 0 radical (unpaired) electrons. The molecule has 1 heterocycles. The van der Waals surface area contributed by atoms with E-state index in [2.05, 4.69) is 15.9 Å². The molecule has 0 atom stereocenters. The second kappa shape index (κ2) is 5.05. The van der Waals surface area contributed by atoms with E-state index in [9.17, 15) is 4.79 Å². The molecule has 0 saturated heterocycles. The van der Waals surface area contributed by atoms with Crippen LogP contribution in [0.2, 0.25) is 0 Å². The molecule has 0 saturated carbocycles. The van der Waals surface area contributed by atoms with Gasteiger partial charge in [0.05, 0.1) is 7.11 Å². The lowest BCUT2D eigenvalue weighted by atomic mass is 10.3. The molecule has 0 N–H and O–H groups in total. The first-order valence-electron chi connectivity index (χ1n) is 4.80. The van der Waals surface area contributed by atoms with E-state index in [1.54, 1.807) is 37.4 Å². The standard InChI is InChI=1S/C12H9BrO4/c1-15-8-2-4-9(5-3-8)16-12(14)10-6-7-11(13)17-10/h2-7H,1H3. The van der Waals surface area contributed by atoms with Crippen molar-refractivity contribution in [3.05, 3.63) is 46.8 Å². The Kier molecular flexibility index (Phi) is 3.49. The summed E-state index contributed by atoms with van der Waals surface area (Å²) in [6.45, 7) is 0. The van der Waals surface area contributed by atoms with E-state index in [4.69, 9.17) is 13.9 Å². The number of hydrogen-bond acceptors (Lipinski definition) is 4. The van der Waals surface area contributed by atoms with Crippen LogP contribution in [-0.4, -0.2) is 13.1 Å². The van der Waals surface area contributed by atoms with Crippen LogP contribution in [0.15, 0.2) is 45.5 Å². The first-order valence-corrected chi connectivity index (χ1v) is 5.60. The number of benzene rings is 1. The third-order valence-corrected chi connectivity index (χ3v) is 2.47. The first-order chi connectivity index (χ1) is 8.19. The number of ether oxygens (including phenoxy) is 2. The Morgan fingerprint density at radius 1 is 1.12 bits per heavy atom. The lowest BCUT2D eigenvalue weighted by Gasteiger charge is -2.03. The highest BCUT2D eigenvalue weighted by atomic mass is 79.9. The second-order valence-electron chi connectivity index (χ2n) is 3.17. The summed E-state index contributed by atoms with van der Waals surface area (Å²) in [6.07, 6.45) is 0. The maximum atomic E-state index is 11.6. The molecule has 4 nitrogen and oxygen atoms in total. The fraction of sp³-hybridized carbons (Fsp3) is 0.0833. The number of carbonyl (C=O) groups excluding carboxylic acids is 1. The van der Waals surface area contributed by atoms with Crippen LogP contribution < -0.4 is 9.47 Å². The van der Waals surface area contributed by atoms with E-state index in [1.807, 2.05) is 0 Å². The molecule has 0 aliphatic carbocycles. The Balaban J connectivity index is 2.07. The van der Waals surface area contributed by atoms with Gasteiger partial charge in [-0.05, 0) is 52.3 Å². The van der Waals surface area contributed by atoms with E-state index < -0.39 is 5.97 Å². The zero-order chi connectivity index (χ0) is 12.3. The number of hydrogen-bond donors (Lipinski definition) is 0. The first kappa shape index (κ1) is 11.7. The van der Waals surface area contributed by atoms with Crippen LogP contribution in [0, 0.1) is 0 Å². The number of carbonyl (C=O) groups is 1. The highest BCUT2D eigenvalue weighted by Gasteiger charge is 2.12. The van der Waals surface area contributed by atoms with Gasteiger partial charge in [-0.1, -0.05) is 0 Å². The van der Waals surface area contributed by atoms with Crippen molar-refractivity contribution in [1.29, 1.82) is 0 Å². The van der Waals surface area contributed by atoms with Gasteiger partial charge in [0.15, 0.2) is 4.67 Å². The number of methoxy groups -OCH3 is 1. The largest absolute Gasteiger partial charge is 0.497 e. The van der Waals surface area contributed by atoms with Crippen LogP contribution in [0.4, 0.5) is 0 Å². The molecule has 0 aliphatic heterocycles. The summed E-state index contributed by atoms with van der Waals surface area (Å²) in [6, 6.07) is 9.88. The number of esters is 1. The summed E-state index contributed by atoms with van der Waals surface area (Å²) in [5.41, 5.74) is 0. The molecule has 0 bridgehead atoms. The van der Waals surface area contributed by atoms with Crippen molar-refractivity contribution in [3.8, 4) is 11.5 Å². The molecule has 0 spiro atoms. The second-order valence-corrected chi connectivity index (χ2v) is 3.95. The van der Waals surface area contributed by atoms with Gasteiger partial charge in [0.1, 0.15) is 11.5 Å². The van der Waals surface area contributed by atoms with Gasteiger partial charge in [-0.2, -0.15) is 0 Å². The van der Waals surface area contributed by atoms with Crippen molar-refractivity contribution in [1.82, 2.24) is 0 Å². The Bertz CT molecular complexity index is 516. The fourth-order valence-corrected chi connectivity index (χ4v) is 1.53. The Labute approximate surface area is 106 Å². The van der Waals surface area contributed by atoms with Crippen molar-refractivity contribution >= 4 is 21.9 Å². The third kappa shape index (κ3) is 2.88. The van der Waals surface area contributed by atoms with E-state index in [0.29, 0.717) is 16.2 Å². The smallest absolute Gasteiger partial charge is 0.379 e. The monoisotopic (exact) mass is 296 g/mol. The molecule has 1 aromatic carbocycles. The van der Waals surface area contributed by atoms with Gasteiger partial charge in [0.2, 0.25) is 5.76 Å². The molecule has 17 heavy (non-hydrogen) atoms. The van der Waals surface area contributed by atoms with Gasteiger partial charge < -0.3 is 13.9 Å². The van der Waals surface area contributed by atoms with Crippen molar-refractivity contribution in [2.75, 3.05) is 7.11 Å². The molecule has 0 aliphatic rings. The maximum absolute atomic E-state index is 11.6. The highest BCUT2D eigenvalue weighted by molar-refractivity contribution is 9.10. The Morgan fingerprint density at radius 3 is 2.29 bits per heavy atom. The topological polar surface area (TPSA) is 48.7 Å². The van der Waals surface area contributed by atoms with Crippen LogP contribution in [-0.2, 0) is 0 Å². The summed E-state index contributed by atoms with van der Waals surface area (Å²) in [5.74, 6) is 0.738. The predicted octanol–water partition coefficient (Wildman–Crippen LogP) is 3.27. The number of halogens is 1. The quantitative estimate of drug-likeness (QED) is 0.644. The lowest BCUT2D eigenvalue weighted by molar-refractivity contribution is 0.0700. The molecule has 0 amide bonds. The summed E-state index contributed by atoms with van der Waals surface area (Å²) in [7, 11) is 1.57. The third-order valence-electron chi connectivity index (χ3n) is 2.04. The molecule has 2 aromatic rings. The maximum Gasteiger partial charge on any atom is 0.379 e. The minimum absolute atomic E-state index is 0.146. The normalized spacial score (nSPS) is 10.0. The van der Waals surface area contributed by atoms with E-state index >= 15 is 0 Å². The average Bonchev–Trinajstić information content (AvgIpc) is 2.77. The van der Waals surface area contributed by atoms with Crippen molar-refractivity contribution in [2.24, 2.45) is 0 Å². The SMILES string of the molecule is COc1ccc(OC(=O)c2ccc(Br)o2)cc1. The summed E-state index contributed by atoms with van der Waals surface area (Å²) >= 11 is 3.11. The average molecular weight is 297 g/mol. The predicted molar refractivity (Wildman–Crippen MR) is 64.4 cm³/mol. The zero-order valence-electron chi connectivity index (χ0n) is 8.98. The van der Waals surface area contributed by atoms with Crippen molar-refractivity contribution < 1.29 is 18.7 Å². The number of rotatable bonds is 3. The molecule has 0 unspecified atom stereocenters. The minimum atomic E-state index is -0.541. The lowest BCUT2D eigenvalue weighted by Crippen LogP contribution is -2.06. The molecule has 2 rings (SSSR count). The Hall–Kier alpha value is -1.75. The van der Waals surface area contributed by atoms with Crippen LogP contribution in [0.3, 0.4) is 0 Å². The van der Waals surface area contributed by atoms with Crippen molar-refractivity contribution in [3.63, 3.8) is 0 Å². The molecule has 5 heteroatoms. The Morgan fingerprint density at radius 2 is 1.76 bits per heavy atom. The molecule has 0 fully saturated rings. The van der Waals surface area contributed by atoms with Gasteiger partial charge in [-0.15, -0.1) is 0 Å². The van der Waals surface area contributed by atoms with Gasteiger partial charge >= 0.3 is 5.97 Å². The van der Waals surface area contributed by atoms with E-state index in [-0.39, 0.29) is 5.76 Å². The van der Waals surface area contributed by atoms with E-state index in [0.717, 1.165) is 0 Å².